The van der Waals surface area contributed by atoms with E-state index in [1.165, 1.54) is 0 Å². The summed E-state index contributed by atoms with van der Waals surface area (Å²) in [5.41, 5.74) is 5.32. The van der Waals surface area contributed by atoms with Crippen LogP contribution in [-0.4, -0.2) is 42.4 Å². The van der Waals surface area contributed by atoms with Crippen molar-refractivity contribution in [2.24, 2.45) is 10.4 Å². The zero-order valence-corrected chi connectivity index (χ0v) is 26.2. The predicted octanol–water partition coefficient (Wildman–Crippen LogP) is 7.54. The van der Waals surface area contributed by atoms with E-state index in [9.17, 15) is 0 Å². The zero-order valence-electron chi connectivity index (χ0n) is 22.1. The molecule has 0 saturated carbocycles. The number of aliphatic imine (C=N–C) groups is 1. The number of pyridine rings is 5. The van der Waals surface area contributed by atoms with Gasteiger partial charge in [-0.15, -0.1) is 23.2 Å². The molecule has 0 unspecified atom stereocenters. The molecule has 0 fully saturated rings. The van der Waals surface area contributed by atoms with Gasteiger partial charge in [0.05, 0.1) is 34.2 Å². The van der Waals surface area contributed by atoms with Gasteiger partial charge in [0, 0.05) is 80.6 Å². The molecule has 6 rings (SSSR count). The monoisotopic (exact) mass is 758 g/mol. The summed E-state index contributed by atoms with van der Waals surface area (Å²) < 4.78 is 0. The van der Waals surface area contributed by atoms with Gasteiger partial charge >= 0.3 is 0 Å². The Balaban J connectivity index is 0.000000169. The number of rotatable bonds is 5. The Morgan fingerprint density at radius 1 is 0.512 bits per heavy atom. The molecule has 0 aliphatic carbocycles. The summed E-state index contributed by atoms with van der Waals surface area (Å²) in [5.74, 6) is 0.998. The molecule has 41 heavy (non-hydrogen) atoms. The Hall–Kier alpha value is -3.62. The van der Waals surface area contributed by atoms with Crippen molar-refractivity contribution in [1.82, 2.24) is 24.9 Å². The van der Waals surface area contributed by atoms with Crippen LogP contribution in [0.15, 0.2) is 139 Å². The number of hydrogen-bond donors (Lipinski definition) is 0. The van der Waals surface area contributed by atoms with E-state index in [2.05, 4.69) is 29.9 Å². The number of aromatic nitrogens is 5. The molecule has 9 heteroatoms. The van der Waals surface area contributed by atoms with Gasteiger partial charge < -0.3 is 0 Å². The van der Waals surface area contributed by atoms with Gasteiger partial charge in [0.15, 0.2) is 0 Å². The number of hydrogen-bond acceptors (Lipinski definition) is 6. The molecule has 208 valence electrons. The van der Waals surface area contributed by atoms with Crippen molar-refractivity contribution in [3.8, 4) is 22.8 Å². The summed E-state index contributed by atoms with van der Waals surface area (Å²) in [5, 5.41) is 0. The molecule has 0 radical (unpaired) electrons. The minimum atomic E-state index is -0.183. The normalized spacial score (nSPS) is 12.8. The first-order valence-electron chi connectivity index (χ1n) is 12.7. The van der Waals surface area contributed by atoms with E-state index in [1.807, 2.05) is 97.1 Å². The van der Waals surface area contributed by atoms with Crippen molar-refractivity contribution in [1.29, 1.82) is 0 Å². The second kappa shape index (κ2) is 17.2. The maximum atomic E-state index is 5.98. The van der Waals surface area contributed by atoms with E-state index in [4.69, 9.17) is 23.2 Å². The molecule has 0 saturated heterocycles. The first-order chi connectivity index (χ1) is 19.7. The van der Waals surface area contributed by atoms with Gasteiger partial charge in [-0.05, 0) is 60.7 Å². The van der Waals surface area contributed by atoms with Gasteiger partial charge in [-0.25, -0.2) is 0 Å². The first-order valence-corrected chi connectivity index (χ1v) is 13.7. The molecule has 0 bridgehead atoms. The molecule has 5 aromatic rings. The van der Waals surface area contributed by atoms with Gasteiger partial charge in [0.1, 0.15) is 0 Å². The zero-order chi connectivity index (χ0) is 27.9. The smallest absolute Gasteiger partial charge is 0.0886 e. The molecule has 6 nitrogen and oxygen atoms in total. The minimum Gasteiger partial charge on any atom is -0.259 e. The van der Waals surface area contributed by atoms with E-state index in [0.717, 1.165) is 40.6 Å². The van der Waals surface area contributed by atoms with Crippen LogP contribution in [0.1, 0.15) is 12.1 Å². The topological polar surface area (TPSA) is 76.8 Å². The fourth-order valence-electron chi connectivity index (χ4n) is 3.69. The molecular weight excluding hydrogens is 730 g/mol. The number of allylic oxidation sites excluding steroid dienone is 1. The van der Waals surface area contributed by atoms with E-state index in [-0.39, 0.29) is 25.2 Å². The largest absolute Gasteiger partial charge is 0.259 e. The van der Waals surface area contributed by atoms with E-state index < -0.39 is 0 Å². The first kappa shape index (κ1) is 31.9. The molecule has 0 atom stereocenters. The standard InChI is InChI=1S/C12H12Cl2N2.2C10H8N2.Os/c13-8-12(9-14)4-6-16-11(7-12)10-3-1-2-5-15-10;2*1-3-7-11-9(5-1)10-6-2-4-8-12-10;/h1-6H,7-9H2;2*1-8H;. The summed E-state index contributed by atoms with van der Waals surface area (Å²) >= 11 is 12.0. The molecule has 6 heterocycles. The Morgan fingerprint density at radius 3 is 1.15 bits per heavy atom. The SMILES string of the molecule is ClCC1(CCl)C=CN=C(c2ccccn2)C1.[Os].c1ccc(-c2ccccn2)nc1.c1ccc(-c2ccccn2)nc1. The third kappa shape index (κ3) is 9.76. The molecule has 5 aromatic heterocycles. The van der Waals surface area contributed by atoms with Crippen LogP contribution in [-0.2, 0) is 19.8 Å². The third-order valence-corrected chi connectivity index (χ3v) is 6.92. The summed E-state index contributed by atoms with van der Waals surface area (Å²) in [6, 6.07) is 29.0. The Morgan fingerprint density at radius 2 is 0.854 bits per heavy atom. The fraction of sp³-hybridized carbons (Fsp3) is 0.125. The van der Waals surface area contributed by atoms with Gasteiger partial charge in [-0.1, -0.05) is 36.4 Å². The molecule has 0 N–H and O–H groups in total. The molecule has 0 spiro atoms. The van der Waals surface area contributed by atoms with Crippen molar-refractivity contribution in [3.63, 3.8) is 0 Å². The average Bonchev–Trinajstić information content (AvgIpc) is 3.07. The van der Waals surface area contributed by atoms with Gasteiger partial charge in [-0.3, -0.25) is 29.9 Å². The van der Waals surface area contributed by atoms with Gasteiger partial charge in [-0.2, -0.15) is 0 Å². The van der Waals surface area contributed by atoms with Crippen LogP contribution in [0.3, 0.4) is 0 Å². The van der Waals surface area contributed by atoms with Crippen LogP contribution < -0.4 is 0 Å². The molecular formula is C32H28Cl2N6Os. The van der Waals surface area contributed by atoms with Crippen molar-refractivity contribution in [2.75, 3.05) is 11.8 Å². The van der Waals surface area contributed by atoms with Crippen molar-refractivity contribution < 1.29 is 19.8 Å². The maximum Gasteiger partial charge on any atom is 0.0886 e. The Kier molecular flexibility index (Phi) is 13.4. The van der Waals surface area contributed by atoms with E-state index >= 15 is 0 Å². The van der Waals surface area contributed by atoms with Crippen LogP contribution >= 0.6 is 23.2 Å². The average molecular weight is 758 g/mol. The second-order valence-corrected chi connectivity index (χ2v) is 9.31. The van der Waals surface area contributed by atoms with Crippen molar-refractivity contribution in [2.45, 2.75) is 6.42 Å². The molecule has 0 amide bonds. The predicted molar refractivity (Wildman–Crippen MR) is 163 cm³/mol. The van der Waals surface area contributed by atoms with Gasteiger partial charge in [0.25, 0.3) is 0 Å². The molecule has 0 aromatic carbocycles. The van der Waals surface area contributed by atoms with E-state index in [0.29, 0.717) is 11.8 Å². The van der Waals surface area contributed by atoms with E-state index in [1.54, 1.807) is 37.2 Å². The van der Waals surface area contributed by atoms with Crippen LogP contribution in [0, 0.1) is 5.41 Å². The second-order valence-electron chi connectivity index (χ2n) is 8.77. The van der Waals surface area contributed by atoms with Crippen LogP contribution in [0.5, 0.6) is 0 Å². The molecule has 1 aliphatic heterocycles. The van der Waals surface area contributed by atoms with Crippen molar-refractivity contribution in [3.05, 3.63) is 140 Å². The maximum absolute atomic E-state index is 5.98. The Labute approximate surface area is 263 Å². The third-order valence-electron chi connectivity index (χ3n) is 5.86. The minimum absolute atomic E-state index is 0. The summed E-state index contributed by atoms with van der Waals surface area (Å²) in [6.45, 7) is 0. The molecule has 1 aliphatic rings. The fourth-order valence-corrected chi connectivity index (χ4v) is 4.34. The number of nitrogens with zero attached hydrogens (tertiary/aromatic N) is 6. The number of alkyl halides is 2. The summed E-state index contributed by atoms with van der Waals surface area (Å²) in [4.78, 5) is 25.4. The van der Waals surface area contributed by atoms with Crippen LogP contribution in [0.4, 0.5) is 0 Å². The van der Waals surface area contributed by atoms with Crippen molar-refractivity contribution >= 4 is 28.9 Å². The summed E-state index contributed by atoms with van der Waals surface area (Å²) in [6.07, 6.45) is 13.3. The Bertz CT molecular complexity index is 1320. The quantitative estimate of drug-likeness (QED) is 0.173. The number of halogens is 2. The summed E-state index contributed by atoms with van der Waals surface area (Å²) in [7, 11) is 0. The van der Waals surface area contributed by atoms with Gasteiger partial charge in [0.2, 0.25) is 0 Å². The van der Waals surface area contributed by atoms with Crippen LogP contribution in [0.2, 0.25) is 0 Å². The van der Waals surface area contributed by atoms with Crippen LogP contribution in [0.25, 0.3) is 22.8 Å².